The lowest BCUT2D eigenvalue weighted by Crippen LogP contribution is -2.30. The van der Waals surface area contributed by atoms with E-state index in [1.165, 1.54) is 22.4 Å². The van der Waals surface area contributed by atoms with Crippen LogP contribution in [0.2, 0.25) is 0 Å². The number of thiophene rings is 1. The summed E-state index contributed by atoms with van der Waals surface area (Å²) >= 11 is 1.44. The van der Waals surface area contributed by atoms with Gasteiger partial charge in [0.1, 0.15) is 0 Å². The van der Waals surface area contributed by atoms with E-state index in [9.17, 15) is 14.5 Å². The topological polar surface area (TPSA) is 66.8 Å². The van der Waals surface area contributed by atoms with E-state index in [1.807, 2.05) is 12.1 Å². The Morgan fingerprint density at radius 3 is 2.46 bits per heavy atom. The molecule has 0 aliphatic carbocycles. The number of benzene rings is 1. The van der Waals surface area contributed by atoms with Crippen LogP contribution in [0.3, 0.4) is 0 Å². The van der Waals surface area contributed by atoms with E-state index in [2.05, 4.69) is 17.0 Å². The van der Waals surface area contributed by atoms with Crippen LogP contribution >= 0.6 is 11.3 Å². The molecule has 0 radical (unpaired) electrons. The SMILES string of the molecule is O=N/C=C\c1ccc(C#CCCN2C(=O)c3ccccc3C2=O)s1. The Balaban J connectivity index is 1.61. The number of carbonyl (C=O) groups is 2. The summed E-state index contributed by atoms with van der Waals surface area (Å²) < 4.78 is 0. The molecule has 0 fully saturated rings. The van der Waals surface area contributed by atoms with Crippen LogP contribution in [0.5, 0.6) is 0 Å². The van der Waals surface area contributed by atoms with E-state index in [0.29, 0.717) is 17.5 Å². The van der Waals surface area contributed by atoms with Crippen molar-refractivity contribution >= 4 is 29.2 Å². The minimum Gasteiger partial charge on any atom is -0.273 e. The lowest BCUT2D eigenvalue weighted by atomic mass is 10.1. The van der Waals surface area contributed by atoms with E-state index < -0.39 is 0 Å². The molecule has 24 heavy (non-hydrogen) atoms. The molecule has 2 amide bonds. The molecule has 1 aromatic heterocycles. The van der Waals surface area contributed by atoms with Gasteiger partial charge in [0.05, 0.1) is 22.2 Å². The molecule has 0 bridgehead atoms. The van der Waals surface area contributed by atoms with E-state index >= 15 is 0 Å². The predicted octanol–water partition coefficient (Wildman–Crippen LogP) is 3.52. The quantitative estimate of drug-likeness (QED) is 0.487. The molecule has 5 nitrogen and oxygen atoms in total. The predicted molar refractivity (Wildman–Crippen MR) is 92.5 cm³/mol. The largest absolute Gasteiger partial charge is 0.273 e. The van der Waals surface area contributed by atoms with Gasteiger partial charge in [-0.2, -0.15) is 0 Å². The minimum absolute atomic E-state index is 0.262. The van der Waals surface area contributed by atoms with Crippen molar-refractivity contribution in [2.75, 3.05) is 6.54 Å². The lowest BCUT2D eigenvalue weighted by molar-refractivity contribution is 0.0658. The van der Waals surface area contributed by atoms with Crippen molar-refractivity contribution in [3.8, 4) is 11.8 Å². The van der Waals surface area contributed by atoms with E-state index in [4.69, 9.17) is 0 Å². The number of nitroso groups, excluding NO2 is 1. The molecule has 118 valence electrons. The van der Waals surface area contributed by atoms with Crippen LogP contribution in [0.15, 0.2) is 47.8 Å². The van der Waals surface area contributed by atoms with Crippen LogP contribution in [0.1, 0.15) is 36.9 Å². The first-order chi connectivity index (χ1) is 11.7. The number of amides is 2. The van der Waals surface area contributed by atoms with Crippen LogP contribution < -0.4 is 0 Å². The Kier molecular flexibility index (Phi) is 4.64. The zero-order chi connectivity index (χ0) is 16.9. The Morgan fingerprint density at radius 2 is 1.79 bits per heavy atom. The highest BCUT2D eigenvalue weighted by molar-refractivity contribution is 7.13. The van der Waals surface area contributed by atoms with Crippen molar-refractivity contribution in [1.82, 2.24) is 4.90 Å². The van der Waals surface area contributed by atoms with Gasteiger partial charge < -0.3 is 0 Å². The molecule has 2 aromatic rings. The summed E-state index contributed by atoms with van der Waals surface area (Å²) in [5.74, 6) is 5.44. The molecular formula is C18H12N2O3S. The standard InChI is InChI=1S/C18H12N2O3S/c21-17-15-6-1-2-7-16(15)18(22)20(17)12-4-3-5-13-8-9-14(24-13)10-11-19-23/h1-2,6-11H,4,12H2/b11-10-. The fraction of sp³-hybridized carbons (Fsp3) is 0.111. The van der Waals surface area contributed by atoms with Gasteiger partial charge in [-0.3, -0.25) is 14.5 Å². The second-order valence-corrected chi connectivity index (χ2v) is 6.10. The van der Waals surface area contributed by atoms with Gasteiger partial charge in [0.25, 0.3) is 11.8 Å². The molecule has 0 unspecified atom stereocenters. The van der Waals surface area contributed by atoms with E-state index in [0.717, 1.165) is 9.75 Å². The van der Waals surface area contributed by atoms with Gasteiger partial charge in [0, 0.05) is 17.8 Å². The second-order valence-electron chi connectivity index (χ2n) is 4.98. The van der Waals surface area contributed by atoms with Crippen molar-refractivity contribution in [2.45, 2.75) is 6.42 Å². The zero-order valence-corrected chi connectivity index (χ0v) is 13.4. The van der Waals surface area contributed by atoms with Crippen molar-refractivity contribution in [2.24, 2.45) is 5.18 Å². The summed E-state index contributed by atoms with van der Waals surface area (Å²) in [6.45, 7) is 0.270. The molecule has 0 spiro atoms. The molecule has 1 aliphatic heterocycles. The Bertz CT molecular complexity index is 867. The fourth-order valence-corrected chi connectivity index (χ4v) is 3.15. The van der Waals surface area contributed by atoms with E-state index in [-0.39, 0.29) is 18.4 Å². The lowest BCUT2D eigenvalue weighted by Gasteiger charge is -2.10. The fourth-order valence-electron chi connectivity index (χ4n) is 2.37. The van der Waals surface area contributed by atoms with Crippen molar-refractivity contribution in [3.63, 3.8) is 0 Å². The monoisotopic (exact) mass is 336 g/mol. The average Bonchev–Trinajstić information content (AvgIpc) is 3.15. The van der Waals surface area contributed by atoms with Gasteiger partial charge >= 0.3 is 0 Å². The third-order valence-electron chi connectivity index (χ3n) is 3.48. The highest BCUT2D eigenvalue weighted by Gasteiger charge is 2.34. The van der Waals surface area contributed by atoms with Gasteiger partial charge in [-0.05, 0) is 35.5 Å². The number of imide groups is 1. The molecule has 1 aromatic carbocycles. The second kappa shape index (κ2) is 7.02. The summed E-state index contributed by atoms with van der Waals surface area (Å²) in [5, 5.41) is 2.66. The van der Waals surface area contributed by atoms with Crippen LogP contribution in [0, 0.1) is 16.7 Å². The summed E-state index contributed by atoms with van der Waals surface area (Å²) in [6.07, 6.45) is 3.21. The number of rotatable bonds is 4. The molecular weight excluding hydrogens is 324 g/mol. The van der Waals surface area contributed by atoms with Crippen molar-refractivity contribution in [1.29, 1.82) is 0 Å². The van der Waals surface area contributed by atoms with Gasteiger partial charge in [0.2, 0.25) is 0 Å². The average molecular weight is 336 g/mol. The number of carbonyl (C=O) groups excluding carboxylic acids is 2. The highest BCUT2D eigenvalue weighted by atomic mass is 32.1. The maximum absolute atomic E-state index is 12.2. The minimum atomic E-state index is -0.262. The van der Waals surface area contributed by atoms with Gasteiger partial charge in [-0.25, -0.2) is 0 Å². The third-order valence-corrected chi connectivity index (χ3v) is 4.44. The van der Waals surface area contributed by atoms with Gasteiger partial charge in [0.15, 0.2) is 0 Å². The first-order valence-electron chi connectivity index (χ1n) is 7.23. The zero-order valence-electron chi connectivity index (χ0n) is 12.6. The molecule has 0 saturated heterocycles. The first-order valence-corrected chi connectivity index (χ1v) is 8.05. The number of hydrogen-bond donors (Lipinski definition) is 0. The normalized spacial score (nSPS) is 13.1. The molecule has 1 aliphatic rings. The molecule has 3 rings (SSSR count). The number of nitrogens with zero attached hydrogens (tertiary/aromatic N) is 2. The summed E-state index contributed by atoms with van der Waals surface area (Å²) in [5.41, 5.74) is 0.905. The number of hydrogen-bond acceptors (Lipinski definition) is 5. The third kappa shape index (κ3) is 3.16. The molecule has 0 atom stereocenters. The summed E-state index contributed by atoms with van der Waals surface area (Å²) in [4.78, 5) is 37.4. The molecule has 0 N–H and O–H groups in total. The highest BCUT2D eigenvalue weighted by Crippen LogP contribution is 2.22. The van der Waals surface area contributed by atoms with Crippen LogP contribution in [0.25, 0.3) is 6.08 Å². The Labute approximate surface area is 142 Å². The molecule has 0 saturated carbocycles. The van der Waals surface area contributed by atoms with Crippen molar-refractivity contribution < 1.29 is 9.59 Å². The smallest absolute Gasteiger partial charge is 0.261 e. The Hall–Kier alpha value is -3.04. The molecule has 2 heterocycles. The van der Waals surface area contributed by atoms with E-state index in [1.54, 1.807) is 30.3 Å². The van der Waals surface area contributed by atoms with Gasteiger partial charge in [-0.1, -0.05) is 24.0 Å². The summed E-state index contributed by atoms with van der Waals surface area (Å²) in [6, 6.07) is 10.5. The number of fused-ring (bicyclic) bond motifs is 1. The van der Waals surface area contributed by atoms with Gasteiger partial charge in [-0.15, -0.1) is 16.2 Å². The van der Waals surface area contributed by atoms with Crippen molar-refractivity contribution in [3.05, 3.63) is 68.4 Å². The van der Waals surface area contributed by atoms with Crippen LogP contribution in [-0.4, -0.2) is 23.3 Å². The first kappa shape index (κ1) is 15.8. The maximum Gasteiger partial charge on any atom is 0.261 e. The van der Waals surface area contributed by atoms with Crippen LogP contribution in [-0.2, 0) is 0 Å². The maximum atomic E-state index is 12.2. The molecule has 6 heteroatoms. The van der Waals surface area contributed by atoms with Crippen LogP contribution in [0.4, 0.5) is 0 Å². The Morgan fingerprint density at radius 1 is 1.08 bits per heavy atom. The summed E-state index contributed by atoms with van der Waals surface area (Å²) in [7, 11) is 0.